The Morgan fingerprint density at radius 3 is 2.48 bits per heavy atom. The molecular weight excluding hydrogens is 288 g/mol. The Balaban J connectivity index is 2.40. The van der Waals surface area contributed by atoms with Crippen LogP contribution >= 0.6 is 11.6 Å². The maximum Gasteiger partial charge on any atom is 0.240 e. The number of hydrogen-bond acceptors (Lipinski definition) is 4. The van der Waals surface area contributed by atoms with Gasteiger partial charge in [-0.15, -0.1) is 0 Å². The first-order valence-electron chi connectivity index (χ1n) is 6.17. The van der Waals surface area contributed by atoms with Crippen molar-refractivity contribution in [3.63, 3.8) is 0 Å². The highest BCUT2D eigenvalue weighted by atomic mass is 35.5. The predicted molar refractivity (Wildman–Crippen MR) is 81.0 cm³/mol. The number of nitrogens with zero attached hydrogens (tertiary/aromatic N) is 2. The van der Waals surface area contributed by atoms with Gasteiger partial charge in [-0.3, -0.25) is 0 Å². The zero-order chi connectivity index (χ0) is 15.2. The first-order chi connectivity index (χ1) is 10.1. The average Bonchev–Trinajstić information content (AvgIpc) is 2.46. The van der Waals surface area contributed by atoms with Crippen molar-refractivity contribution in [3.8, 4) is 0 Å². The number of rotatable bonds is 4. The van der Waals surface area contributed by atoms with Gasteiger partial charge in [0.25, 0.3) is 0 Å². The van der Waals surface area contributed by atoms with Crippen LogP contribution in [0.4, 0.5) is 11.4 Å². The van der Waals surface area contributed by atoms with E-state index in [0.29, 0.717) is 22.8 Å². The molecule has 0 aliphatic carbocycles. The molecular formula is C16H11ClN2O2. The summed E-state index contributed by atoms with van der Waals surface area (Å²) in [6, 6.07) is 10.7. The van der Waals surface area contributed by atoms with Gasteiger partial charge in [-0.05, 0) is 48.2 Å². The van der Waals surface area contributed by atoms with Crippen LogP contribution in [-0.2, 0) is 16.0 Å². The number of hydrogen-bond donors (Lipinski definition) is 0. The Morgan fingerprint density at radius 2 is 1.81 bits per heavy atom. The lowest BCUT2D eigenvalue weighted by molar-refractivity contribution is 0.565. The van der Waals surface area contributed by atoms with Crippen molar-refractivity contribution in [1.29, 1.82) is 0 Å². The second kappa shape index (κ2) is 6.78. The summed E-state index contributed by atoms with van der Waals surface area (Å²) in [6.07, 6.45) is 3.56. The lowest BCUT2D eigenvalue weighted by Crippen LogP contribution is -1.90. The SMILES string of the molecule is Cc1cc(Cc2ccc(N=C=O)cc2N=C=O)ccc1Cl. The molecule has 0 saturated heterocycles. The molecule has 21 heavy (non-hydrogen) atoms. The van der Waals surface area contributed by atoms with E-state index in [1.54, 1.807) is 18.2 Å². The minimum absolute atomic E-state index is 0.398. The number of halogens is 1. The Labute approximate surface area is 126 Å². The molecule has 0 N–H and O–H groups in total. The van der Waals surface area contributed by atoms with E-state index in [4.69, 9.17) is 11.6 Å². The maximum atomic E-state index is 10.5. The van der Waals surface area contributed by atoms with Gasteiger partial charge in [-0.2, -0.15) is 9.98 Å². The summed E-state index contributed by atoms with van der Waals surface area (Å²) in [7, 11) is 0. The molecule has 0 aliphatic rings. The minimum atomic E-state index is 0.398. The highest BCUT2D eigenvalue weighted by Gasteiger charge is 2.06. The quantitative estimate of drug-likeness (QED) is 0.628. The molecule has 2 rings (SSSR count). The molecule has 0 bridgehead atoms. The molecule has 0 amide bonds. The van der Waals surface area contributed by atoms with Gasteiger partial charge in [0.1, 0.15) is 0 Å². The molecule has 0 atom stereocenters. The van der Waals surface area contributed by atoms with Gasteiger partial charge in [0, 0.05) is 5.02 Å². The second-order valence-electron chi connectivity index (χ2n) is 4.48. The predicted octanol–water partition coefficient (Wildman–Crippen LogP) is 4.17. The average molecular weight is 299 g/mol. The zero-order valence-electron chi connectivity index (χ0n) is 11.3. The Kier molecular flexibility index (Phi) is 4.81. The van der Waals surface area contributed by atoms with Crippen LogP contribution in [0.1, 0.15) is 16.7 Å². The fraction of sp³-hybridized carbons (Fsp3) is 0.125. The van der Waals surface area contributed by atoms with E-state index in [0.717, 1.165) is 16.7 Å². The molecule has 0 fully saturated rings. The van der Waals surface area contributed by atoms with Gasteiger partial charge in [-0.1, -0.05) is 29.8 Å². The van der Waals surface area contributed by atoms with Gasteiger partial charge < -0.3 is 0 Å². The smallest absolute Gasteiger partial charge is 0.211 e. The van der Waals surface area contributed by atoms with Crippen molar-refractivity contribution in [2.45, 2.75) is 13.3 Å². The highest BCUT2D eigenvalue weighted by molar-refractivity contribution is 6.31. The fourth-order valence-corrected chi connectivity index (χ4v) is 2.13. The molecule has 4 nitrogen and oxygen atoms in total. The first-order valence-corrected chi connectivity index (χ1v) is 6.55. The van der Waals surface area contributed by atoms with Gasteiger partial charge in [0.15, 0.2) is 0 Å². The number of aliphatic imine (C=N–C) groups is 2. The summed E-state index contributed by atoms with van der Waals surface area (Å²) >= 11 is 6.00. The molecule has 5 heteroatoms. The Hall–Kier alpha value is -2.51. The van der Waals surface area contributed by atoms with Crippen molar-refractivity contribution in [2.75, 3.05) is 0 Å². The van der Waals surface area contributed by atoms with E-state index in [2.05, 4.69) is 9.98 Å². The molecule has 0 saturated carbocycles. The standard InChI is InChI=1S/C16H11ClN2O2/c1-11-6-12(2-5-15(11)17)7-13-3-4-14(18-9-20)8-16(13)19-10-21/h2-6,8H,7H2,1H3. The molecule has 2 aromatic carbocycles. The largest absolute Gasteiger partial charge is 0.240 e. The van der Waals surface area contributed by atoms with E-state index in [1.165, 1.54) is 12.2 Å². The first kappa shape index (κ1) is 14.9. The van der Waals surface area contributed by atoms with Crippen LogP contribution < -0.4 is 0 Å². The summed E-state index contributed by atoms with van der Waals surface area (Å²) in [6.45, 7) is 1.93. The number of benzene rings is 2. The van der Waals surface area contributed by atoms with Gasteiger partial charge in [0.2, 0.25) is 12.2 Å². The molecule has 0 spiro atoms. The Morgan fingerprint density at radius 1 is 1.05 bits per heavy atom. The van der Waals surface area contributed by atoms with Crippen LogP contribution in [0.15, 0.2) is 46.4 Å². The third kappa shape index (κ3) is 3.74. The van der Waals surface area contributed by atoms with Crippen molar-refractivity contribution in [1.82, 2.24) is 0 Å². The molecule has 2 aromatic rings. The van der Waals surface area contributed by atoms with E-state index in [1.807, 2.05) is 25.1 Å². The van der Waals surface area contributed by atoms with Crippen LogP contribution in [0.5, 0.6) is 0 Å². The normalized spacial score (nSPS) is 9.62. The van der Waals surface area contributed by atoms with Crippen LogP contribution in [0.3, 0.4) is 0 Å². The number of aryl methyl sites for hydroxylation is 1. The number of carbonyl (C=O) groups excluding carboxylic acids is 2. The second-order valence-corrected chi connectivity index (χ2v) is 4.89. The zero-order valence-corrected chi connectivity index (χ0v) is 12.0. The van der Waals surface area contributed by atoms with Crippen molar-refractivity contribution in [2.24, 2.45) is 9.98 Å². The maximum absolute atomic E-state index is 10.5. The lowest BCUT2D eigenvalue weighted by Gasteiger charge is -2.07. The van der Waals surface area contributed by atoms with E-state index >= 15 is 0 Å². The summed E-state index contributed by atoms with van der Waals surface area (Å²) in [5.74, 6) is 0. The Bertz CT molecular complexity index is 774. The summed E-state index contributed by atoms with van der Waals surface area (Å²) in [5, 5.41) is 0.709. The molecule has 0 aromatic heterocycles. The van der Waals surface area contributed by atoms with Crippen LogP contribution in [0.25, 0.3) is 0 Å². The lowest BCUT2D eigenvalue weighted by atomic mass is 10.0. The monoisotopic (exact) mass is 298 g/mol. The number of isocyanates is 2. The van der Waals surface area contributed by atoms with E-state index < -0.39 is 0 Å². The minimum Gasteiger partial charge on any atom is -0.211 e. The van der Waals surface area contributed by atoms with Gasteiger partial charge in [-0.25, -0.2) is 9.59 Å². The summed E-state index contributed by atoms with van der Waals surface area (Å²) in [4.78, 5) is 28.0. The molecule has 104 valence electrons. The van der Waals surface area contributed by atoms with Crippen LogP contribution in [0, 0.1) is 6.92 Å². The molecule has 0 heterocycles. The summed E-state index contributed by atoms with van der Waals surface area (Å²) < 4.78 is 0. The van der Waals surface area contributed by atoms with Gasteiger partial charge in [0.05, 0.1) is 11.4 Å². The van der Waals surface area contributed by atoms with E-state index in [9.17, 15) is 9.59 Å². The highest BCUT2D eigenvalue weighted by Crippen LogP contribution is 2.28. The van der Waals surface area contributed by atoms with Crippen molar-refractivity contribution < 1.29 is 9.59 Å². The molecule has 0 unspecified atom stereocenters. The van der Waals surface area contributed by atoms with Gasteiger partial charge >= 0.3 is 0 Å². The van der Waals surface area contributed by atoms with Crippen molar-refractivity contribution >= 4 is 35.1 Å². The fourth-order valence-electron chi connectivity index (χ4n) is 2.01. The third-order valence-corrected chi connectivity index (χ3v) is 3.45. The summed E-state index contributed by atoms with van der Waals surface area (Å²) in [5.41, 5.74) is 3.71. The van der Waals surface area contributed by atoms with Crippen molar-refractivity contribution in [3.05, 3.63) is 58.1 Å². The van der Waals surface area contributed by atoms with Crippen LogP contribution in [-0.4, -0.2) is 12.2 Å². The topological polar surface area (TPSA) is 58.9 Å². The van der Waals surface area contributed by atoms with E-state index in [-0.39, 0.29) is 0 Å². The molecule has 0 radical (unpaired) electrons. The third-order valence-electron chi connectivity index (χ3n) is 3.03. The molecule has 0 aliphatic heterocycles. The van der Waals surface area contributed by atoms with Crippen LogP contribution in [0.2, 0.25) is 5.02 Å².